The van der Waals surface area contributed by atoms with E-state index >= 15 is 0 Å². The fraction of sp³-hybridized carbons (Fsp3) is 0.154. The number of ether oxygens (including phenoxy) is 1. The van der Waals surface area contributed by atoms with Crippen LogP contribution in [0.3, 0.4) is 0 Å². The highest BCUT2D eigenvalue weighted by molar-refractivity contribution is 5.39. The third-order valence-corrected chi connectivity index (χ3v) is 2.24. The van der Waals surface area contributed by atoms with E-state index in [4.69, 9.17) is 10.5 Å². The second kappa shape index (κ2) is 5.28. The van der Waals surface area contributed by atoms with Gasteiger partial charge in [0.05, 0.1) is 13.2 Å². The fourth-order valence-electron chi connectivity index (χ4n) is 1.38. The van der Waals surface area contributed by atoms with Crippen LogP contribution in [0.25, 0.3) is 0 Å². The highest BCUT2D eigenvalue weighted by Crippen LogP contribution is 2.08. The lowest BCUT2D eigenvalue weighted by molar-refractivity contribution is 0.107. The molecule has 0 saturated carbocycles. The Bertz CT molecular complexity index is 425. The predicted octanol–water partition coefficient (Wildman–Crippen LogP) is 2.38. The highest BCUT2D eigenvalue weighted by Gasteiger charge is 1.95. The van der Waals surface area contributed by atoms with Gasteiger partial charge in [0.1, 0.15) is 0 Å². The van der Waals surface area contributed by atoms with E-state index in [0.717, 1.165) is 16.8 Å². The summed E-state index contributed by atoms with van der Waals surface area (Å²) in [4.78, 5) is 4.03. The summed E-state index contributed by atoms with van der Waals surface area (Å²) >= 11 is 0. The smallest absolute Gasteiger partial charge is 0.0736 e. The molecule has 0 fully saturated rings. The second-order valence-corrected chi connectivity index (χ2v) is 3.60. The molecular weight excluding hydrogens is 200 g/mol. The van der Waals surface area contributed by atoms with E-state index in [1.165, 1.54) is 0 Å². The third-order valence-electron chi connectivity index (χ3n) is 2.24. The average molecular weight is 214 g/mol. The molecule has 0 amide bonds. The fourth-order valence-corrected chi connectivity index (χ4v) is 1.38. The maximum Gasteiger partial charge on any atom is 0.0736 e. The number of nitrogens with zero attached hydrogens (tertiary/aromatic N) is 1. The zero-order chi connectivity index (χ0) is 11.2. The number of hydrogen-bond donors (Lipinski definition) is 1. The third kappa shape index (κ3) is 3.07. The minimum Gasteiger partial charge on any atom is -0.399 e. The Morgan fingerprint density at radius 3 is 2.44 bits per heavy atom. The van der Waals surface area contributed by atoms with Gasteiger partial charge in [0, 0.05) is 18.1 Å². The van der Waals surface area contributed by atoms with E-state index < -0.39 is 0 Å². The summed E-state index contributed by atoms with van der Waals surface area (Å²) in [5.41, 5.74) is 8.58. The van der Waals surface area contributed by atoms with Gasteiger partial charge in [-0.15, -0.1) is 0 Å². The van der Waals surface area contributed by atoms with Crippen LogP contribution < -0.4 is 5.73 Å². The van der Waals surface area contributed by atoms with Crippen LogP contribution in [0.15, 0.2) is 48.8 Å². The van der Waals surface area contributed by atoms with E-state index in [0.29, 0.717) is 13.2 Å². The quantitative estimate of drug-likeness (QED) is 0.795. The second-order valence-electron chi connectivity index (χ2n) is 3.60. The molecule has 1 aromatic carbocycles. The summed E-state index contributed by atoms with van der Waals surface area (Å²) in [6.07, 6.45) is 3.56. The van der Waals surface area contributed by atoms with Crippen molar-refractivity contribution in [2.75, 3.05) is 5.73 Å². The lowest BCUT2D eigenvalue weighted by atomic mass is 10.2. The number of aromatic nitrogens is 1. The van der Waals surface area contributed by atoms with Gasteiger partial charge in [0.25, 0.3) is 0 Å². The topological polar surface area (TPSA) is 48.1 Å². The summed E-state index contributed by atoms with van der Waals surface area (Å²) in [6.45, 7) is 1.17. The standard InChI is InChI=1S/C13H14N2O/c14-13-5-3-11(4-6-13)9-16-10-12-2-1-7-15-8-12/h1-8H,9-10,14H2. The molecule has 0 aliphatic carbocycles. The van der Waals surface area contributed by atoms with Gasteiger partial charge in [-0.2, -0.15) is 0 Å². The summed E-state index contributed by atoms with van der Waals surface area (Å²) in [5, 5.41) is 0. The molecule has 1 heterocycles. The van der Waals surface area contributed by atoms with Crippen LogP contribution in [0.1, 0.15) is 11.1 Å². The largest absolute Gasteiger partial charge is 0.399 e. The van der Waals surface area contributed by atoms with Gasteiger partial charge in [-0.05, 0) is 29.3 Å². The van der Waals surface area contributed by atoms with Gasteiger partial charge >= 0.3 is 0 Å². The molecule has 82 valence electrons. The molecule has 0 aliphatic heterocycles. The summed E-state index contributed by atoms with van der Waals surface area (Å²) in [5.74, 6) is 0. The molecule has 0 bridgehead atoms. The molecule has 0 unspecified atom stereocenters. The van der Waals surface area contributed by atoms with Crippen molar-refractivity contribution in [1.29, 1.82) is 0 Å². The first-order chi connectivity index (χ1) is 7.84. The maximum absolute atomic E-state index is 5.60. The molecular formula is C13H14N2O. The first kappa shape index (κ1) is 10.6. The number of nitrogen functional groups attached to an aromatic ring is 1. The minimum absolute atomic E-state index is 0.582. The minimum atomic E-state index is 0.582. The number of nitrogens with two attached hydrogens (primary N) is 1. The molecule has 0 spiro atoms. The predicted molar refractivity (Wildman–Crippen MR) is 63.6 cm³/mol. The van der Waals surface area contributed by atoms with Gasteiger partial charge in [0.15, 0.2) is 0 Å². The number of rotatable bonds is 4. The van der Waals surface area contributed by atoms with Gasteiger partial charge < -0.3 is 10.5 Å². The SMILES string of the molecule is Nc1ccc(COCc2cccnc2)cc1. The molecule has 3 heteroatoms. The van der Waals surface area contributed by atoms with Gasteiger partial charge in [-0.25, -0.2) is 0 Å². The Morgan fingerprint density at radius 2 is 1.75 bits per heavy atom. The summed E-state index contributed by atoms with van der Waals surface area (Å²) in [6, 6.07) is 11.6. The molecule has 2 N–H and O–H groups in total. The van der Waals surface area contributed by atoms with Crippen LogP contribution in [-0.4, -0.2) is 4.98 Å². The van der Waals surface area contributed by atoms with Crippen LogP contribution in [0, 0.1) is 0 Å². The molecule has 0 radical (unpaired) electrons. The Balaban J connectivity index is 1.82. The van der Waals surface area contributed by atoms with Crippen molar-refractivity contribution in [3.8, 4) is 0 Å². The van der Waals surface area contributed by atoms with Crippen molar-refractivity contribution in [3.05, 3.63) is 59.9 Å². The summed E-state index contributed by atoms with van der Waals surface area (Å²) < 4.78 is 5.56. The van der Waals surface area contributed by atoms with Gasteiger partial charge in [-0.1, -0.05) is 18.2 Å². The Kier molecular flexibility index (Phi) is 3.51. The highest BCUT2D eigenvalue weighted by atomic mass is 16.5. The van der Waals surface area contributed by atoms with Gasteiger partial charge in [0.2, 0.25) is 0 Å². The van der Waals surface area contributed by atoms with Gasteiger partial charge in [-0.3, -0.25) is 4.98 Å². The maximum atomic E-state index is 5.60. The van der Waals surface area contributed by atoms with E-state index in [1.807, 2.05) is 42.6 Å². The van der Waals surface area contributed by atoms with E-state index in [1.54, 1.807) is 6.20 Å². The van der Waals surface area contributed by atoms with E-state index in [9.17, 15) is 0 Å². The molecule has 2 aromatic rings. The van der Waals surface area contributed by atoms with Crippen molar-refractivity contribution < 1.29 is 4.74 Å². The number of hydrogen-bond acceptors (Lipinski definition) is 3. The molecule has 0 atom stereocenters. The van der Waals surface area contributed by atoms with Crippen molar-refractivity contribution in [3.63, 3.8) is 0 Å². The number of anilines is 1. The molecule has 1 aromatic heterocycles. The molecule has 0 aliphatic rings. The van der Waals surface area contributed by atoms with E-state index in [2.05, 4.69) is 4.98 Å². The van der Waals surface area contributed by atoms with Crippen LogP contribution in [0.2, 0.25) is 0 Å². The molecule has 3 nitrogen and oxygen atoms in total. The zero-order valence-corrected chi connectivity index (χ0v) is 8.97. The number of pyridine rings is 1. The average Bonchev–Trinajstić information content (AvgIpc) is 2.33. The first-order valence-corrected chi connectivity index (χ1v) is 5.15. The number of benzene rings is 1. The van der Waals surface area contributed by atoms with Crippen LogP contribution >= 0.6 is 0 Å². The van der Waals surface area contributed by atoms with Crippen molar-refractivity contribution in [1.82, 2.24) is 4.98 Å². The first-order valence-electron chi connectivity index (χ1n) is 5.15. The lowest BCUT2D eigenvalue weighted by Crippen LogP contribution is -1.95. The zero-order valence-electron chi connectivity index (χ0n) is 8.97. The normalized spacial score (nSPS) is 10.2. The molecule has 2 rings (SSSR count). The van der Waals surface area contributed by atoms with Crippen LogP contribution in [0.5, 0.6) is 0 Å². The van der Waals surface area contributed by atoms with Crippen LogP contribution in [0.4, 0.5) is 5.69 Å². The lowest BCUT2D eigenvalue weighted by Gasteiger charge is -2.04. The van der Waals surface area contributed by atoms with Crippen molar-refractivity contribution in [2.24, 2.45) is 0 Å². The Hall–Kier alpha value is -1.87. The Morgan fingerprint density at radius 1 is 1.00 bits per heavy atom. The van der Waals surface area contributed by atoms with Crippen molar-refractivity contribution in [2.45, 2.75) is 13.2 Å². The van der Waals surface area contributed by atoms with Crippen LogP contribution in [-0.2, 0) is 18.0 Å². The summed E-state index contributed by atoms with van der Waals surface area (Å²) in [7, 11) is 0. The monoisotopic (exact) mass is 214 g/mol. The Labute approximate surface area is 94.9 Å². The van der Waals surface area contributed by atoms with E-state index in [-0.39, 0.29) is 0 Å². The molecule has 16 heavy (non-hydrogen) atoms. The van der Waals surface area contributed by atoms with Crippen molar-refractivity contribution >= 4 is 5.69 Å². The molecule has 0 saturated heterocycles.